The van der Waals surface area contributed by atoms with Crippen molar-refractivity contribution in [2.45, 2.75) is 26.3 Å². The molecule has 0 saturated carbocycles. The smallest absolute Gasteiger partial charge is 0.235 e. The summed E-state index contributed by atoms with van der Waals surface area (Å²) in [5, 5.41) is 2.43. The van der Waals surface area contributed by atoms with Crippen LogP contribution in [0.15, 0.2) is 0 Å². The molecule has 0 atom stereocenters. The largest absolute Gasteiger partial charge is 0.356 e. The molecule has 1 amide bonds. The van der Waals surface area contributed by atoms with Crippen molar-refractivity contribution in [1.29, 1.82) is 0 Å². The van der Waals surface area contributed by atoms with E-state index in [2.05, 4.69) is 5.32 Å². The zero-order valence-electron chi connectivity index (χ0n) is 8.83. The molecular formula is C8H18N2O3S. The highest BCUT2D eigenvalue weighted by Crippen LogP contribution is 2.03. The SMILES string of the molecule is CCNC(=O)CS(=O)(=O)CC(C)(C)N. The second-order valence-electron chi connectivity index (χ2n) is 3.97. The molecule has 0 unspecified atom stereocenters. The van der Waals surface area contributed by atoms with Crippen LogP contribution >= 0.6 is 0 Å². The highest BCUT2D eigenvalue weighted by molar-refractivity contribution is 7.92. The van der Waals surface area contributed by atoms with Crippen LogP contribution in [0.4, 0.5) is 0 Å². The van der Waals surface area contributed by atoms with Crippen molar-refractivity contribution in [2.24, 2.45) is 5.73 Å². The maximum absolute atomic E-state index is 11.4. The summed E-state index contributed by atoms with van der Waals surface area (Å²) in [6.45, 7) is 5.39. The van der Waals surface area contributed by atoms with Gasteiger partial charge in [-0.15, -0.1) is 0 Å². The van der Waals surface area contributed by atoms with Crippen molar-refractivity contribution < 1.29 is 13.2 Å². The van der Waals surface area contributed by atoms with Gasteiger partial charge in [-0.3, -0.25) is 4.79 Å². The lowest BCUT2D eigenvalue weighted by molar-refractivity contribution is -0.118. The van der Waals surface area contributed by atoms with Crippen molar-refractivity contribution in [3.63, 3.8) is 0 Å². The molecule has 5 nitrogen and oxygen atoms in total. The second kappa shape index (κ2) is 4.75. The van der Waals surface area contributed by atoms with E-state index in [1.807, 2.05) is 0 Å². The number of carbonyl (C=O) groups is 1. The van der Waals surface area contributed by atoms with E-state index in [0.29, 0.717) is 6.54 Å². The van der Waals surface area contributed by atoms with Crippen LogP contribution in [-0.4, -0.2) is 37.9 Å². The monoisotopic (exact) mass is 222 g/mol. The third-order valence-electron chi connectivity index (χ3n) is 1.32. The fourth-order valence-corrected chi connectivity index (χ4v) is 2.80. The van der Waals surface area contributed by atoms with Crippen molar-refractivity contribution in [3.8, 4) is 0 Å². The Labute approximate surface area is 85.0 Å². The normalized spacial score (nSPS) is 12.6. The first-order valence-electron chi connectivity index (χ1n) is 4.42. The molecule has 0 aliphatic rings. The third-order valence-corrected chi connectivity index (χ3v) is 3.20. The van der Waals surface area contributed by atoms with Crippen LogP contribution in [0, 0.1) is 0 Å². The van der Waals surface area contributed by atoms with E-state index in [4.69, 9.17) is 5.73 Å². The summed E-state index contributed by atoms with van der Waals surface area (Å²) < 4.78 is 22.8. The Bertz CT molecular complexity index is 290. The van der Waals surface area contributed by atoms with Crippen LogP contribution in [0.2, 0.25) is 0 Å². The molecular weight excluding hydrogens is 204 g/mol. The Morgan fingerprint density at radius 3 is 2.29 bits per heavy atom. The van der Waals surface area contributed by atoms with Gasteiger partial charge in [-0.1, -0.05) is 0 Å². The first-order chi connectivity index (χ1) is 6.16. The Balaban J connectivity index is 4.30. The lowest BCUT2D eigenvalue weighted by Crippen LogP contribution is -2.42. The summed E-state index contributed by atoms with van der Waals surface area (Å²) in [7, 11) is -3.40. The number of hydrogen-bond acceptors (Lipinski definition) is 4. The van der Waals surface area contributed by atoms with Crippen LogP contribution in [0.25, 0.3) is 0 Å². The predicted octanol–water partition coefficient (Wildman–Crippen LogP) is -0.725. The number of sulfone groups is 1. The van der Waals surface area contributed by atoms with Crippen molar-refractivity contribution >= 4 is 15.7 Å². The summed E-state index contributed by atoms with van der Waals surface area (Å²) in [5.74, 6) is -1.14. The van der Waals surface area contributed by atoms with Gasteiger partial charge >= 0.3 is 0 Å². The molecule has 3 N–H and O–H groups in total. The molecule has 0 bridgehead atoms. The Morgan fingerprint density at radius 1 is 1.43 bits per heavy atom. The Hall–Kier alpha value is -0.620. The highest BCUT2D eigenvalue weighted by atomic mass is 32.2. The fraction of sp³-hybridized carbons (Fsp3) is 0.875. The molecule has 0 aromatic rings. The minimum atomic E-state index is -3.40. The molecule has 0 spiro atoms. The van der Waals surface area contributed by atoms with Crippen molar-refractivity contribution in [3.05, 3.63) is 0 Å². The zero-order chi connectivity index (χ0) is 11.4. The van der Waals surface area contributed by atoms with Gasteiger partial charge in [0.2, 0.25) is 5.91 Å². The number of carbonyl (C=O) groups excluding carboxylic acids is 1. The van der Waals surface area contributed by atoms with E-state index in [1.165, 1.54) is 0 Å². The molecule has 0 radical (unpaired) electrons. The Kier molecular flexibility index (Phi) is 4.54. The van der Waals surface area contributed by atoms with Gasteiger partial charge in [-0.05, 0) is 20.8 Å². The molecule has 0 aliphatic heterocycles. The van der Waals surface area contributed by atoms with Gasteiger partial charge in [0, 0.05) is 12.1 Å². The molecule has 0 rings (SSSR count). The van der Waals surface area contributed by atoms with E-state index in [0.717, 1.165) is 0 Å². The van der Waals surface area contributed by atoms with E-state index in [9.17, 15) is 13.2 Å². The molecule has 0 fully saturated rings. The van der Waals surface area contributed by atoms with E-state index < -0.39 is 27.0 Å². The van der Waals surface area contributed by atoms with E-state index >= 15 is 0 Å². The van der Waals surface area contributed by atoms with Crippen LogP contribution in [-0.2, 0) is 14.6 Å². The highest BCUT2D eigenvalue weighted by Gasteiger charge is 2.24. The van der Waals surface area contributed by atoms with E-state index in [-0.39, 0.29) is 5.75 Å². The Morgan fingerprint density at radius 2 is 1.93 bits per heavy atom. The predicted molar refractivity (Wildman–Crippen MR) is 55.6 cm³/mol. The van der Waals surface area contributed by atoms with Gasteiger partial charge in [0.15, 0.2) is 9.84 Å². The molecule has 84 valence electrons. The van der Waals surface area contributed by atoms with Crippen molar-refractivity contribution in [1.82, 2.24) is 5.32 Å². The zero-order valence-corrected chi connectivity index (χ0v) is 9.65. The van der Waals surface area contributed by atoms with Gasteiger partial charge in [0.25, 0.3) is 0 Å². The lowest BCUT2D eigenvalue weighted by Gasteiger charge is -2.17. The maximum atomic E-state index is 11.4. The van der Waals surface area contributed by atoms with Crippen LogP contribution in [0.3, 0.4) is 0 Å². The molecule has 0 aliphatic carbocycles. The van der Waals surface area contributed by atoms with Gasteiger partial charge in [0.1, 0.15) is 5.75 Å². The number of nitrogens with two attached hydrogens (primary N) is 1. The summed E-state index contributed by atoms with van der Waals surface area (Å²) in [4.78, 5) is 11.0. The summed E-state index contributed by atoms with van der Waals surface area (Å²) >= 11 is 0. The maximum Gasteiger partial charge on any atom is 0.235 e. The molecule has 0 saturated heterocycles. The summed E-state index contributed by atoms with van der Waals surface area (Å²) in [6, 6.07) is 0. The fourth-order valence-electron chi connectivity index (χ4n) is 1.07. The first kappa shape index (κ1) is 13.4. The molecule has 14 heavy (non-hydrogen) atoms. The van der Waals surface area contributed by atoms with Gasteiger partial charge in [-0.25, -0.2) is 8.42 Å². The average Bonchev–Trinajstić information content (AvgIpc) is 1.78. The summed E-state index contributed by atoms with van der Waals surface area (Å²) in [5.41, 5.74) is 4.76. The van der Waals surface area contributed by atoms with Gasteiger partial charge < -0.3 is 11.1 Å². The topological polar surface area (TPSA) is 89.3 Å². The van der Waals surface area contributed by atoms with Crippen LogP contribution in [0.5, 0.6) is 0 Å². The molecule has 0 heterocycles. The second-order valence-corrected chi connectivity index (χ2v) is 6.04. The summed E-state index contributed by atoms with van der Waals surface area (Å²) in [6.07, 6.45) is 0. The minimum Gasteiger partial charge on any atom is -0.356 e. The first-order valence-corrected chi connectivity index (χ1v) is 6.24. The van der Waals surface area contributed by atoms with E-state index in [1.54, 1.807) is 20.8 Å². The van der Waals surface area contributed by atoms with Gasteiger partial charge in [0.05, 0.1) is 5.75 Å². The van der Waals surface area contributed by atoms with Crippen LogP contribution in [0.1, 0.15) is 20.8 Å². The molecule has 0 aromatic carbocycles. The quantitative estimate of drug-likeness (QED) is 0.642. The molecule has 6 heteroatoms. The van der Waals surface area contributed by atoms with Gasteiger partial charge in [-0.2, -0.15) is 0 Å². The average molecular weight is 222 g/mol. The minimum absolute atomic E-state index is 0.183. The lowest BCUT2D eigenvalue weighted by atomic mass is 10.1. The number of rotatable bonds is 5. The van der Waals surface area contributed by atoms with Crippen molar-refractivity contribution in [2.75, 3.05) is 18.1 Å². The third kappa shape index (κ3) is 6.85. The number of nitrogens with one attached hydrogen (secondary N) is 1. The standard InChI is InChI=1S/C8H18N2O3S/c1-4-10-7(11)5-14(12,13)6-8(2,3)9/h4-6,9H2,1-3H3,(H,10,11). The number of hydrogen-bond donors (Lipinski definition) is 2. The van der Waals surface area contributed by atoms with Crippen LogP contribution < -0.4 is 11.1 Å². The molecule has 0 aromatic heterocycles. The number of amides is 1.